The molecule has 0 fully saturated rings. The fourth-order valence-electron chi connectivity index (χ4n) is 5.59. The summed E-state index contributed by atoms with van der Waals surface area (Å²) in [5.74, 6) is 3.62. The summed E-state index contributed by atoms with van der Waals surface area (Å²) in [6, 6.07) is 32.3. The van der Waals surface area contributed by atoms with Crippen LogP contribution in [0.4, 0.5) is 0 Å². The van der Waals surface area contributed by atoms with Gasteiger partial charge in [-0.15, -0.1) is 0 Å². The number of nitrogens with zero attached hydrogens (tertiary/aromatic N) is 6. The first kappa shape index (κ1) is 26.3. The Morgan fingerprint density at radius 2 is 0.738 bits per heavy atom. The van der Waals surface area contributed by atoms with Crippen LogP contribution in [0.1, 0.15) is 0 Å². The molecule has 10 heteroatoms. The molecule has 0 amide bonds. The third-order valence-corrected chi connectivity index (χ3v) is 7.46. The zero-order valence-electron chi connectivity index (χ0n) is 22.9. The Kier molecular flexibility index (Phi) is 6.31. The number of aromatic nitrogens is 8. The van der Waals surface area contributed by atoms with Gasteiger partial charge < -0.3 is 9.97 Å². The summed E-state index contributed by atoms with van der Waals surface area (Å²) in [4.78, 5) is 36.7. The number of hydrogen-bond donors (Lipinski definition) is 2. The van der Waals surface area contributed by atoms with Crippen LogP contribution in [0.5, 0.6) is 0 Å². The van der Waals surface area contributed by atoms with E-state index >= 15 is 0 Å². The molecule has 2 N–H and O–H groups in total. The zero-order chi connectivity index (χ0) is 26.2. The van der Waals surface area contributed by atoms with E-state index in [4.69, 9.17) is 29.9 Å². The molecule has 9 rings (SSSR count). The Bertz CT molecular complexity index is 2100. The normalized spacial score (nSPS) is 11.4. The van der Waals surface area contributed by atoms with E-state index in [9.17, 15) is 0 Å². The van der Waals surface area contributed by atoms with Crippen molar-refractivity contribution in [2.45, 2.75) is 0 Å². The molecule has 5 heterocycles. The van der Waals surface area contributed by atoms with Gasteiger partial charge in [-0.3, -0.25) is 0 Å². The molecule has 4 aromatic carbocycles. The van der Waals surface area contributed by atoms with Crippen LogP contribution in [0.3, 0.4) is 0 Å². The third-order valence-electron chi connectivity index (χ3n) is 7.46. The molecule has 3 aliphatic heterocycles. The van der Waals surface area contributed by atoms with Crippen molar-refractivity contribution in [3.05, 3.63) is 97.1 Å². The van der Waals surface area contributed by atoms with Gasteiger partial charge in [0.05, 0.1) is 0 Å². The molecule has 8 bridgehead atoms. The maximum atomic E-state index is 5.02. The molecule has 188 valence electrons. The zero-order valence-corrected chi connectivity index (χ0v) is 22.9. The monoisotopic (exact) mass is 528 g/mol. The molecular weight excluding hydrogens is 510 g/mol. The molecule has 0 atom stereocenters. The SMILES string of the molecule is [Li].[Li].c1ccc2c(c1)-c1nc3nc(nc4[nH]c([nH]c5nc(nc-2n1)-c1ccccc1-5)c1ccccc41)-c1ccccc1-3. The molecule has 2 radical (unpaired) electrons. The molecule has 3 aliphatic rings. The van der Waals surface area contributed by atoms with Crippen LogP contribution in [0, 0.1) is 0 Å². The minimum Gasteiger partial charge on any atom is -0.325 e. The Morgan fingerprint density at radius 3 is 1.26 bits per heavy atom. The number of hydrogen-bond acceptors (Lipinski definition) is 6. The van der Waals surface area contributed by atoms with Crippen molar-refractivity contribution < 1.29 is 0 Å². The van der Waals surface area contributed by atoms with Gasteiger partial charge in [0, 0.05) is 81.9 Å². The van der Waals surface area contributed by atoms with E-state index in [0.29, 0.717) is 40.6 Å². The summed E-state index contributed by atoms with van der Waals surface area (Å²) in [7, 11) is 0. The van der Waals surface area contributed by atoms with E-state index in [-0.39, 0.29) is 37.7 Å². The number of fused-ring (bicyclic) bond motifs is 20. The average Bonchev–Trinajstić information content (AvgIpc) is 3.73. The first-order valence-corrected chi connectivity index (χ1v) is 13.0. The van der Waals surface area contributed by atoms with Crippen molar-refractivity contribution in [2.24, 2.45) is 0 Å². The van der Waals surface area contributed by atoms with E-state index in [1.165, 1.54) is 0 Å². The van der Waals surface area contributed by atoms with Crippen molar-refractivity contribution in [3.8, 4) is 68.3 Å². The van der Waals surface area contributed by atoms with E-state index in [0.717, 1.165) is 49.8 Å². The van der Waals surface area contributed by atoms with Gasteiger partial charge in [-0.05, 0) is 0 Å². The van der Waals surface area contributed by atoms with Gasteiger partial charge in [0.2, 0.25) is 0 Å². The molecule has 2 aromatic heterocycles. The molecule has 0 saturated carbocycles. The van der Waals surface area contributed by atoms with E-state index in [2.05, 4.69) is 22.1 Å². The van der Waals surface area contributed by atoms with Gasteiger partial charge in [0.15, 0.2) is 29.1 Å². The van der Waals surface area contributed by atoms with Crippen molar-refractivity contribution >= 4 is 59.8 Å². The van der Waals surface area contributed by atoms with Gasteiger partial charge >= 0.3 is 0 Å². The van der Waals surface area contributed by atoms with Crippen molar-refractivity contribution in [1.29, 1.82) is 0 Å². The minimum atomic E-state index is 0. The van der Waals surface area contributed by atoms with Gasteiger partial charge in [-0.1, -0.05) is 97.1 Å². The van der Waals surface area contributed by atoms with Gasteiger partial charge in [0.1, 0.15) is 17.1 Å². The van der Waals surface area contributed by atoms with Crippen LogP contribution in [-0.4, -0.2) is 77.6 Å². The summed E-state index contributed by atoms with van der Waals surface area (Å²) < 4.78 is 0. The Morgan fingerprint density at radius 1 is 0.357 bits per heavy atom. The van der Waals surface area contributed by atoms with E-state index in [1.807, 2.05) is 84.9 Å². The van der Waals surface area contributed by atoms with Crippen LogP contribution in [-0.2, 0) is 0 Å². The van der Waals surface area contributed by atoms with Gasteiger partial charge in [-0.25, -0.2) is 29.9 Å². The summed E-state index contributed by atoms with van der Waals surface area (Å²) in [5.41, 5.74) is 7.07. The molecule has 0 saturated heterocycles. The first-order valence-electron chi connectivity index (χ1n) is 13.0. The maximum Gasteiger partial charge on any atom is 0.164 e. The van der Waals surface area contributed by atoms with E-state index in [1.54, 1.807) is 0 Å². The molecule has 0 aliphatic carbocycles. The third kappa shape index (κ3) is 3.93. The average molecular weight is 528 g/mol. The van der Waals surface area contributed by atoms with Gasteiger partial charge in [-0.2, -0.15) is 0 Å². The Labute approximate surface area is 263 Å². The standard InChI is InChI=1S/C32H18N8.2Li/c1-2-10-18-17(9-1)25-33-26(18)38-28-21-13-5-6-14-22(21)30(35-28)40-32-24-16-8-7-15-23(24)31(36-32)39-29-20-12-4-3-11-19(20)27(34-29)37-25;;/h1-16H,(H2,33,34,35,36,37,38,39,40);;. The minimum absolute atomic E-state index is 0. The molecule has 0 spiro atoms. The summed E-state index contributed by atoms with van der Waals surface area (Å²) in [6.07, 6.45) is 0. The van der Waals surface area contributed by atoms with E-state index < -0.39 is 0 Å². The predicted octanol–water partition coefficient (Wildman–Crippen LogP) is 6.01. The summed E-state index contributed by atoms with van der Waals surface area (Å²) in [5, 5.41) is 1.98. The maximum absolute atomic E-state index is 5.02. The first-order chi connectivity index (χ1) is 19.8. The molecule has 6 aromatic rings. The fraction of sp³-hybridized carbons (Fsp3) is 0. The summed E-state index contributed by atoms with van der Waals surface area (Å²) in [6.45, 7) is 0. The smallest absolute Gasteiger partial charge is 0.164 e. The van der Waals surface area contributed by atoms with Crippen LogP contribution in [0.25, 0.3) is 90.4 Å². The number of nitrogens with one attached hydrogen (secondary N) is 2. The Balaban J connectivity index is 0.00000144. The van der Waals surface area contributed by atoms with Crippen LogP contribution in [0.2, 0.25) is 0 Å². The molecular formula is C32H18Li2N8. The Hall–Kier alpha value is -4.57. The topological polar surface area (TPSA) is 109 Å². The van der Waals surface area contributed by atoms with Crippen molar-refractivity contribution in [1.82, 2.24) is 39.9 Å². The second-order valence-electron chi connectivity index (χ2n) is 9.79. The summed E-state index contributed by atoms with van der Waals surface area (Å²) >= 11 is 0. The molecule has 0 unspecified atom stereocenters. The predicted molar refractivity (Wildman–Crippen MR) is 166 cm³/mol. The van der Waals surface area contributed by atoms with Crippen LogP contribution in [0.15, 0.2) is 97.1 Å². The largest absolute Gasteiger partial charge is 0.325 e. The number of aromatic amines is 2. The van der Waals surface area contributed by atoms with Gasteiger partial charge in [0.25, 0.3) is 0 Å². The molecule has 42 heavy (non-hydrogen) atoms. The van der Waals surface area contributed by atoms with Crippen molar-refractivity contribution in [2.75, 3.05) is 0 Å². The van der Waals surface area contributed by atoms with Crippen molar-refractivity contribution in [3.63, 3.8) is 0 Å². The second kappa shape index (κ2) is 10.1. The number of H-pyrrole nitrogens is 2. The quantitative estimate of drug-likeness (QED) is 0.233. The van der Waals surface area contributed by atoms with Crippen LogP contribution < -0.4 is 0 Å². The van der Waals surface area contributed by atoms with Crippen LogP contribution >= 0.6 is 0 Å². The molecule has 8 nitrogen and oxygen atoms in total. The number of rotatable bonds is 0. The second-order valence-corrected chi connectivity index (χ2v) is 9.79. The number of benzene rings is 4. The fourth-order valence-corrected chi connectivity index (χ4v) is 5.59.